The molecule has 0 aliphatic rings. The Balaban J connectivity index is 2.21. The summed E-state index contributed by atoms with van der Waals surface area (Å²) in [4.78, 5) is 24.0. The molecule has 178 valence electrons. The largest absolute Gasteiger partial charge is 0.491 e. The third kappa shape index (κ3) is 7.85. The highest BCUT2D eigenvalue weighted by Gasteiger charge is 2.24. The molecular weight excluding hydrogens is 438 g/mol. The smallest absolute Gasteiger partial charge is 0.412 e. The van der Waals surface area contributed by atoms with Gasteiger partial charge in [-0.25, -0.2) is 19.1 Å². The van der Waals surface area contributed by atoms with E-state index in [1.165, 1.54) is 6.92 Å². The number of carbonyl (C=O) groups excluding carboxylic acids is 2. The highest BCUT2D eigenvalue weighted by atomic mass is 19.1. The fourth-order valence-corrected chi connectivity index (χ4v) is 2.94. The molecule has 2 aromatic rings. The quantitative estimate of drug-likeness (QED) is 0.239. The number of aliphatic hydroxyl groups excluding tert-OH is 1. The number of anilines is 1. The summed E-state index contributed by atoms with van der Waals surface area (Å²) >= 11 is 0. The number of benzene rings is 2. The van der Waals surface area contributed by atoms with E-state index in [0.29, 0.717) is 23.8 Å². The van der Waals surface area contributed by atoms with Gasteiger partial charge in [-0.15, -0.1) is 0 Å². The van der Waals surface area contributed by atoms with E-state index in [0.717, 1.165) is 12.1 Å². The van der Waals surface area contributed by atoms with Crippen molar-refractivity contribution in [3.63, 3.8) is 0 Å². The van der Waals surface area contributed by atoms with E-state index < -0.39 is 29.7 Å². The van der Waals surface area contributed by atoms with Gasteiger partial charge in [-0.05, 0) is 43.2 Å². The van der Waals surface area contributed by atoms with Gasteiger partial charge in [0.1, 0.15) is 30.1 Å². The van der Waals surface area contributed by atoms with Crippen molar-refractivity contribution in [1.29, 1.82) is 0 Å². The molecule has 2 aromatic carbocycles. The molecule has 33 heavy (non-hydrogen) atoms. The lowest BCUT2D eigenvalue weighted by atomic mass is 9.93. The van der Waals surface area contributed by atoms with Crippen molar-refractivity contribution < 1.29 is 38.2 Å². The number of allylic oxidation sites excluding steroid dienone is 1. The molecule has 0 radical (unpaired) electrons. The number of halogens is 2. The summed E-state index contributed by atoms with van der Waals surface area (Å²) in [6, 6.07) is 9.37. The van der Waals surface area contributed by atoms with Gasteiger partial charge in [0.15, 0.2) is 0 Å². The maximum Gasteiger partial charge on any atom is 0.412 e. The number of rotatable bonds is 10. The summed E-state index contributed by atoms with van der Waals surface area (Å²) in [6.07, 6.45) is 0.140. The normalized spacial score (nSPS) is 13.1. The SMILES string of the molecule is C/C(=C\C[C@H](C)[C@@H](OC(=O)Nc1ccc(F)cc1F)c1ccc(OCCO)cc1)C(=O)NO. The standard InChI is InChI=1S/C23H26F2N2O6/c1-14(3-4-15(2)22(29)27-31)21(16-5-8-18(9-6-16)32-12-11-28)33-23(30)26-20-10-7-17(24)13-19(20)25/h4-10,13-14,21,28,31H,3,11-12H2,1-2H3,(H,26,30)(H,27,29)/b15-4+/t14-,21+/m0/s1. The van der Waals surface area contributed by atoms with E-state index in [4.69, 9.17) is 19.8 Å². The predicted molar refractivity (Wildman–Crippen MR) is 116 cm³/mol. The average molecular weight is 464 g/mol. The summed E-state index contributed by atoms with van der Waals surface area (Å²) in [5.41, 5.74) is 2.18. The van der Waals surface area contributed by atoms with Crippen LogP contribution in [0.4, 0.5) is 19.3 Å². The summed E-state index contributed by atoms with van der Waals surface area (Å²) < 4.78 is 37.9. The number of hydrogen-bond acceptors (Lipinski definition) is 6. The lowest BCUT2D eigenvalue weighted by Crippen LogP contribution is -2.23. The molecule has 0 aromatic heterocycles. The second-order valence-corrected chi connectivity index (χ2v) is 7.26. The lowest BCUT2D eigenvalue weighted by molar-refractivity contribution is -0.125. The van der Waals surface area contributed by atoms with E-state index in [-0.39, 0.29) is 30.4 Å². The molecule has 0 aliphatic carbocycles. The van der Waals surface area contributed by atoms with Crippen molar-refractivity contribution in [3.8, 4) is 5.75 Å². The minimum absolute atomic E-state index is 0.123. The first-order valence-corrected chi connectivity index (χ1v) is 10.1. The number of amides is 2. The topological polar surface area (TPSA) is 117 Å². The molecule has 10 heteroatoms. The van der Waals surface area contributed by atoms with Crippen LogP contribution in [-0.4, -0.2) is 35.5 Å². The Hall–Kier alpha value is -3.50. The Labute approximate surface area is 189 Å². The highest BCUT2D eigenvalue weighted by Crippen LogP contribution is 2.31. The molecule has 0 spiro atoms. The molecule has 0 saturated heterocycles. The highest BCUT2D eigenvalue weighted by molar-refractivity contribution is 5.91. The Bertz CT molecular complexity index is 981. The third-order valence-corrected chi connectivity index (χ3v) is 4.74. The predicted octanol–water partition coefficient (Wildman–Crippen LogP) is 4.10. The summed E-state index contributed by atoms with van der Waals surface area (Å²) in [5.74, 6) is -2.22. The van der Waals surface area contributed by atoms with Crippen LogP contribution >= 0.6 is 0 Å². The van der Waals surface area contributed by atoms with Crippen molar-refractivity contribution >= 4 is 17.7 Å². The van der Waals surface area contributed by atoms with Crippen molar-refractivity contribution in [2.75, 3.05) is 18.5 Å². The van der Waals surface area contributed by atoms with Crippen LogP contribution < -0.4 is 15.5 Å². The number of ether oxygens (including phenoxy) is 2. The van der Waals surface area contributed by atoms with E-state index in [9.17, 15) is 18.4 Å². The second kappa shape index (κ2) is 12.5. The average Bonchev–Trinajstić information content (AvgIpc) is 2.81. The van der Waals surface area contributed by atoms with Crippen LogP contribution in [0.1, 0.15) is 31.9 Å². The molecule has 0 saturated carbocycles. The Kier molecular flexibility index (Phi) is 9.77. The Morgan fingerprint density at radius 2 is 1.85 bits per heavy atom. The zero-order valence-electron chi connectivity index (χ0n) is 18.2. The van der Waals surface area contributed by atoms with Gasteiger partial charge in [-0.2, -0.15) is 0 Å². The first kappa shape index (κ1) is 25.8. The molecule has 0 heterocycles. The van der Waals surface area contributed by atoms with Gasteiger partial charge >= 0.3 is 6.09 Å². The first-order chi connectivity index (χ1) is 15.7. The van der Waals surface area contributed by atoms with Gasteiger partial charge < -0.3 is 14.6 Å². The minimum atomic E-state index is -0.952. The first-order valence-electron chi connectivity index (χ1n) is 10.1. The number of hydroxylamine groups is 1. The maximum atomic E-state index is 13.9. The van der Waals surface area contributed by atoms with E-state index in [2.05, 4.69) is 5.32 Å². The van der Waals surface area contributed by atoms with E-state index >= 15 is 0 Å². The maximum absolute atomic E-state index is 13.9. The van der Waals surface area contributed by atoms with Crippen LogP contribution in [0.2, 0.25) is 0 Å². The number of carbonyl (C=O) groups is 2. The molecule has 0 bridgehead atoms. The monoisotopic (exact) mass is 464 g/mol. The van der Waals surface area contributed by atoms with Crippen LogP contribution in [-0.2, 0) is 9.53 Å². The Morgan fingerprint density at radius 1 is 1.15 bits per heavy atom. The third-order valence-electron chi connectivity index (χ3n) is 4.74. The molecule has 0 fully saturated rings. The zero-order chi connectivity index (χ0) is 24.4. The molecule has 0 unspecified atom stereocenters. The molecular formula is C23H26F2N2O6. The second-order valence-electron chi connectivity index (χ2n) is 7.26. The molecule has 2 rings (SSSR count). The van der Waals surface area contributed by atoms with Crippen molar-refractivity contribution in [3.05, 3.63) is 71.3 Å². The summed E-state index contributed by atoms with van der Waals surface area (Å²) in [7, 11) is 0. The molecule has 4 N–H and O–H groups in total. The summed E-state index contributed by atoms with van der Waals surface area (Å²) in [6.45, 7) is 3.29. The van der Waals surface area contributed by atoms with Gasteiger partial charge in [-0.3, -0.25) is 15.3 Å². The van der Waals surface area contributed by atoms with Crippen molar-refractivity contribution in [2.45, 2.75) is 26.4 Å². The fraction of sp³-hybridized carbons (Fsp3) is 0.304. The van der Waals surface area contributed by atoms with Crippen LogP contribution in [0.15, 0.2) is 54.1 Å². The van der Waals surface area contributed by atoms with Gasteiger partial charge in [0, 0.05) is 17.6 Å². The van der Waals surface area contributed by atoms with Crippen LogP contribution in [0, 0.1) is 17.6 Å². The molecule has 8 nitrogen and oxygen atoms in total. The number of nitrogens with one attached hydrogen (secondary N) is 2. The Morgan fingerprint density at radius 3 is 2.45 bits per heavy atom. The van der Waals surface area contributed by atoms with Crippen LogP contribution in [0.25, 0.3) is 0 Å². The molecule has 2 amide bonds. The van der Waals surface area contributed by atoms with Crippen molar-refractivity contribution in [2.24, 2.45) is 5.92 Å². The van der Waals surface area contributed by atoms with E-state index in [1.807, 2.05) is 0 Å². The van der Waals surface area contributed by atoms with Crippen LogP contribution in [0.5, 0.6) is 5.75 Å². The van der Waals surface area contributed by atoms with E-state index in [1.54, 1.807) is 42.7 Å². The van der Waals surface area contributed by atoms with Gasteiger partial charge in [0.25, 0.3) is 5.91 Å². The molecule has 0 aliphatic heterocycles. The van der Waals surface area contributed by atoms with Gasteiger partial charge in [0.05, 0.1) is 12.3 Å². The lowest BCUT2D eigenvalue weighted by Gasteiger charge is -2.24. The van der Waals surface area contributed by atoms with Gasteiger partial charge in [0.2, 0.25) is 0 Å². The number of aliphatic hydroxyl groups is 1. The van der Waals surface area contributed by atoms with Crippen LogP contribution in [0.3, 0.4) is 0 Å². The summed E-state index contributed by atoms with van der Waals surface area (Å²) in [5, 5.41) is 19.9. The zero-order valence-corrected chi connectivity index (χ0v) is 18.2. The molecule has 2 atom stereocenters. The van der Waals surface area contributed by atoms with Gasteiger partial charge in [-0.1, -0.05) is 25.1 Å². The fourth-order valence-electron chi connectivity index (χ4n) is 2.94. The number of hydrogen-bond donors (Lipinski definition) is 4. The minimum Gasteiger partial charge on any atom is -0.491 e. The van der Waals surface area contributed by atoms with Crippen molar-refractivity contribution in [1.82, 2.24) is 5.48 Å².